The van der Waals surface area contributed by atoms with Crippen LogP contribution in [0.4, 0.5) is 17.1 Å². The molecule has 0 heterocycles. The summed E-state index contributed by atoms with van der Waals surface area (Å²) >= 11 is 0. The molecule has 1 nitrogen and oxygen atoms in total. The van der Waals surface area contributed by atoms with E-state index in [1.54, 1.807) is 0 Å². The Hall–Kier alpha value is -4.10. The Morgan fingerprint density at radius 3 is 1.59 bits per heavy atom. The minimum atomic E-state index is 1.00. The van der Waals surface area contributed by atoms with E-state index in [4.69, 9.17) is 0 Å². The van der Waals surface area contributed by atoms with Gasteiger partial charge in [-0.2, -0.15) is 0 Å². The molecular formula is C33H27N. The molecule has 0 radical (unpaired) electrons. The van der Waals surface area contributed by atoms with Crippen LogP contribution in [0, 0.1) is 13.8 Å². The molecule has 0 aliphatic heterocycles. The molecular weight excluding hydrogens is 410 g/mol. The van der Waals surface area contributed by atoms with E-state index in [0.717, 1.165) is 12.1 Å². The van der Waals surface area contributed by atoms with Gasteiger partial charge < -0.3 is 4.90 Å². The molecule has 0 bridgehead atoms. The van der Waals surface area contributed by atoms with E-state index in [9.17, 15) is 0 Å². The Labute approximate surface area is 202 Å². The number of rotatable bonds is 4. The first-order valence-electron chi connectivity index (χ1n) is 11.9. The van der Waals surface area contributed by atoms with E-state index >= 15 is 0 Å². The summed E-state index contributed by atoms with van der Waals surface area (Å²) in [5.41, 5.74) is 14.2. The smallest absolute Gasteiger partial charge is 0.0462 e. The van der Waals surface area contributed by atoms with Gasteiger partial charge in [-0.05, 0) is 90.0 Å². The lowest BCUT2D eigenvalue weighted by Gasteiger charge is -2.26. The Morgan fingerprint density at radius 1 is 0.471 bits per heavy atom. The SMILES string of the molecule is Cc1ccc(N(c2ccc(C)cc2)c2ccc(-c3cccc4c3Cc3ccccc3-4)cc2)cc1. The molecule has 0 N–H and O–H groups in total. The van der Waals surface area contributed by atoms with Crippen LogP contribution in [-0.4, -0.2) is 0 Å². The van der Waals surface area contributed by atoms with Crippen molar-refractivity contribution in [1.29, 1.82) is 0 Å². The molecule has 0 atom stereocenters. The maximum Gasteiger partial charge on any atom is 0.0462 e. The van der Waals surface area contributed by atoms with Crippen LogP contribution in [0.2, 0.25) is 0 Å². The summed E-state index contributed by atoms with van der Waals surface area (Å²) in [6.07, 6.45) is 1.00. The molecule has 6 rings (SSSR count). The molecule has 34 heavy (non-hydrogen) atoms. The Morgan fingerprint density at radius 2 is 0.971 bits per heavy atom. The average molecular weight is 438 g/mol. The van der Waals surface area contributed by atoms with Gasteiger partial charge in [-0.15, -0.1) is 0 Å². The van der Waals surface area contributed by atoms with Crippen LogP contribution >= 0.6 is 0 Å². The van der Waals surface area contributed by atoms with E-state index in [2.05, 4.69) is 134 Å². The number of benzene rings is 5. The zero-order chi connectivity index (χ0) is 23.1. The van der Waals surface area contributed by atoms with E-state index in [-0.39, 0.29) is 0 Å². The fourth-order valence-electron chi connectivity index (χ4n) is 5.05. The normalized spacial score (nSPS) is 11.7. The highest BCUT2D eigenvalue weighted by Crippen LogP contribution is 2.42. The van der Waals surface area contributed by atoms with Crippen molar-refractivity contribution in [2.24, 2.45) is 0 Å². The number of anilines is 3. The molecule has 0 amide bonds. The lowest BCUT2D eigenvalue weighted by Crippen LogP contribution is -2.09. The van der Waals surface area contributed by atoms with E-state index in [1.807, 2.05) is 0 Å². The maximum atomic E-state index is 2.33. The highest BCUT2D eigenvalue weighted by molar-refractivity contribution is 5.86. The Bertz CT molecular complexity index is 1410. The molecule has 164 valence electrons. The molecule has 0 aromatic heterocycles. The fraction of sp³-hybridized carbons (Fsp3) is 0.0909. The Kier molecular flexibility index (Phi) is 5.04. The second-order valence-electron chi connectivity index (χ2n) is 9.22. The minimum absolute atomic E-state index is 1.00. The fourth-order valence-corrected chi connectivity index (χ4v) is 5.05. The first-order chi connectivity index (χ1) is 16.7. The summed E-state index contributed by atoms with van der Waals surface area (Å²) < 4.78 is 0. The van der Waals surface area contributed by atoms with Crippen molar-refractivity contribution in [3.63, 3.8) is 0 Å². The molecule has 0 fully saturated rings. The van der Waals surface area contributed by atoms with Gasteiger partial charge in [0.15, 0.2) is 0 Å². The Balaban J connectivity index is 1.40. The van der Waals surface area contributed by atoms with Crippen LogP contribution in [-0.2, 0) is 6.42 Å². The van der Waals surface area contributed by atoms with Crippen molar-refractivity contribution in [3.8, 4) is 22.3 Å². The molecule has 1 aliphatic rings. The zero-order valence-corrected chi connectivity index (χ0v) is 19.6. The molecule has 0 saturated carbocycles. The van der Waals surface area contributed by atoms with Gasteiger partial charge in [0.2, 0.25) is 0 Å². The summed E-state index contributed by atoms with van der Waals surface area (Å²) in [4.78, 5) is 2.33. The second-order valence-corrected chi connectivity index (χ2v) is 9.22. The first kappa shape index (κ1) is 20.5. The maximum absolute atomic E-state index is 2.33. The molecule has 5 aromatic carbocycles. The van der Waals surface area contributed by atoms with Gasteiger partial charge in [0, 0.05) is 17.1 Å². The molecule has 5 aromatic rings. The van der Waals surface area contributed by atoms with Crippen molar-refractivity contribution < 1.29 is 0 Å². The van der Waals surface area contributed by atoms with Crippen molar-refractivity contribution in [3.05, 3.63) is 138 Å². The number of hydrogen-bond donors (Lipinski definition) is 0. The van der Waals surface area contributed by atoms with Crippen molar-refractivity contribution in [2.75, 3.05) is 4.90 Å². The van der Waals surface area contributed by atoms with Gasteiger partial charge in [-0.1, -0.05) is 90.0 Å². The highest BCUT2D eigenvalue weighted by Gasteiger charge is 2.21. The number of fused-ring (bicyclic) bond motifs is 3. The van der Waals surface area contributed by atoms with Crippen molar-refractivity contribution >= 4 is 17.1 Å². The molecule has 1 heteroatoms. The molecule has 0 unspecified atom stereocenters. The van der Waals surface area contributed by atoms with Crippen LogP contribution in [0.1, 0.15) is 22.3 Å². The minimum Gasteiger partial charge on any atom is -0.311 e. The average Bonchev–Trinajstić information content (AvgIpc) is 3.26. The first-order valence-corrected chi connectivity index (χ1v) is 11.9. The van der Waals surface area contributed by atoms with Crippen LogP contribution in [0.25, 0.3) is 22.3 Å². The van der Waals surface area contributed by atoms with Gasteiger partial charge in [-0.25, -0.2) is 0 Å². The van der Waals surface area contributed by atoms with Gasteiger partial charge >= 0.3 is 0 Å². The van der Waals surface area contributed by atoms with Gasteiger partial charge in [0.05, 0.1) is 0 Å². The summed E-state index contributed by atoms with van der Waals surface area (Å²) in [5, 5.41) is 0. The summed E-state index contributed by atoms with van der Waals surface area (Å²) in [7, 11) is 0. The van der Waals surface area contributed by atoms with E-state index in [1.165, 1.54) is 55.9 Å². The van der Waals surface area contributed by atoms with Crippen LogP contribution in [0.3, 0.4) is 0 Å². The lowest BCUT2D eigenvalue weighted by atomic mass is 9.95. The van der Waals surface area contributed by atoms with Gasteiger partial charge in [0.25, 0.3) is 0 Å². The monoisotopic (exact) mass is 437 g/mol. The topological polar surface area (TPSA) is 3.24 Å². The predicted octanol–water partition coefficient (Wildman–Crippen LogP) is 9.01. The third-order valence-corrected chi connectivity index (χ3v) is 6.87. The predicted molar refractivity (Wildman–Crippen MR) is 144 cm³/mol. The van der Waals surface area contributed by atoms with Crippen LogP contribution in [0.15, 0.2) is 115 Å². The van der Waals surface area contributed by atoms with Crippen LogP contribution < -0.4 is 4.90 Å². The lowest BCUT2D eigenvalue weighted by molar-refractivity contribution is 1.26. The molecule has 0 saturated heterocycles. The summed E-state index contributed by atoms with van der Waals surface area (Å²) in [6.45, 7) is 4.26. The standard InChI is InChI=1S/C33H27N/c1-23-10-16-27(17-11-23)34(28-18-12-24(2)13-19-28)29-20-14-25(15-21-29)30-8-5-9-32-31-7-4-3-6-26(31)22-33(30)32/h3-21H,22H2,1-2H3. The number of nitrogens with zero attached hydrogens (tertiary/aromatic N) is 1. The summed E-state index contributed by atoms with van der Waals surface area (Å²) in [6, 6.07) is 42.0. The molecule has 1 aliphatic carbocycles. The van der Waals surface area contributed by atoms with Crippen molar-refractivity contribution in [2.45, 2.75) is 20.3 Å². The van der Waals surface area contributed by atoms with E-state index in [0.29, 0.717) is 0 Å². The third-order valence-electron chi connectivity index (χ3n) is 6.87. The van der Waals surface area contributed by atoms with Crippen LogP contribution in [0.5, 0.6) is 0 Å². The highest BCUT2D eigenvalue weighted by atomic mass is 15.1. The molecule has 0 spiro atoms. The van der Waals surface area contributed by atoms with E-state index < -0.39 is 0 Å². The van der Waals surface area contributed by atoms with Gasteiger partial charge in [-0.3, -0.25) is 0 Å². The summed E-state index contributed by atoms with van der Waals surface area (Å²) in [5.74, 6) is 0. The van der Waals surface area contributed by atoms with Crippen molar-refractivity contribution in [1.82, 2.24) is 0 Å². The quantitative estimate of drug-likeness (QED) is 0.266. The second kappa shape index (κ2) is 8.35. The third kappa shape index (κ3) is 3.60. The zero-order valence-electron chi connectivity index (χ0n) is 19.6. The largest absolute Gasteiger partial charge is 0.311 e. The number of aryl methyl sites for hydroxylation is 2. The van der Waals surface area contributed by atoms with Gasteiger partial charge in [0.1, 0.15) is 0 Å². The number of hydrogen-bond acceptors (Lipinski definition) is 1.